The molecule has 0 amide bonds. The van der Waals surface area contributed by atoms with Gasteiger partial charge in [-0.15, -0.1) is 0 Å². The molecule has 0 aliphatic heterocycles. The number of fused-ring (bicyclic) bond motifs is 5. The SMILES string of the molecule is CC(C)=CCC[C@@H](C)[C@H]1CC[C@H]2C3=CCC4CC(O)CC[C@]4(C)[C@H]3CC[C@]12C. The van der Waals surface area contributed by atoms with Crippen molar-refractivity contribution in [3.05, 3.63) is 23.3 Å². The zero-order chi connectivity index (χ0) is 20.1. The van der Waals surface area contributed by atoms with E-state index >= 15 is 0 Å². The molecule has 158 valence electrons. The molecule has 4 rings (SSSR count). The molecule has 28 heavy (non-hydrogen) atoms. The minimum Gasteiger partial charge on any atom is -0.393 e. The van der Waals surface area contributed by atoms with Crippen molar-refractivity contribution in [2.45, 2.75) is 105 Å². The minimum atomic E-state index is -0.0422. The number of hydrogen-bond donors (Lipinski definition) is 1. The summed E-state index contributed by atoms with van der Waals surface area (Å²) < 4.78 is 0. The van der Waals surface area contributed by atoms with Crippen molar-refractivity contribution in [3.63, 3.8) is 0 Å². The van der Waals surface area contributed by atoms with E-state index in [9.17, 15) is 5.11 Å². The van der Waals surface area contributed by atoms with Crippen LogP contribution in [0.15, 0.2) is 23.3 Å². The van der Waals surface area contributed by atoms with Gasteiger partial charge in [-0.05, 0) is 118 Å². The van der Waals surface area contributed by atoms with Crippen molar-refractivity contribution in [1.29, 1.82) is 0 Å². The maximum absolute atomic E-state index is 10.2. The van der Waals surface area contributed by atoms with Gasteiger partial charge in [-0.3, -0.25) is 0 Å². The first-order valence-electron chi connectivity index (χ1n) is 12.3. The number of aliphatic hydroxyl groups is 1. The van der Waals surface area contributed by atoms with Crippen LogP contribution in [-0.4, -0.2) is 11.2 Å². The lowest BCUT2D eigenvalue weighted by atomic mass is 9.47. The maximum atomic E-state index is 10.2. The molecule has 0 bridgehead atoms. The number of allylic oxidation sites excluding steroid dienone is 4. The van der Waals surface area contributed by atoms with Gasteiger partial charge >= 0.3 is 0 Å². The van der Waals surface area contributed by atoms with Gasteiger partial charge in [0.05, 0.1) is 6.10 Å². The van der Waals surface area contributed by atoms with Gasteiger partial charge in [-0.2, -0.15) is 0 Å². The highest BCUT2D eigenvalue weighted by Crippen LogP contribution is 2.66. The van der Waals surface area contributed by atoms with Crippen LogP contribution in [0, 0.1) is 40.4 Å². The second kappa shape index (κ2) is 7.60. The van der Waals surface area contributed by atoms with E-state index < -0.39 is 0 Å². The molecule has 0 saturated heterocycles. The Labute approximate surface area is 174 Å². The highest BCUT2D eigenvalue weighted by molar-refractivity contribution is 5.27. The quantitative estimate of drug-likeness (QED) is 0.504. The van der Waals surface area contributed by atoms with Crippen LogP contribution in [0.3, 0.4) is 0 Å². The first-order valence-corrected chi connectivity index (χ1v) is 12.3. The van der Waals surface area contributed by atoms with Gasteiger partial charge in [0.2, 0.25) is 0 Å². The minimum absolute atomic E-state index is 0.0422. The van der Waals surface area contributed by atoms with Crippen LogP contribution < -0.4 is 0 Å². The van der Waals surface area contributed by atoms with E-state index in [4.69, 9.17) is 0 Å². The largest absolute Gasteiger partial charge is 0.393 e. The molecule has 4 aliphatic carbocycles. The highest BCUT2D eigenvalue weighted by atomic mass is 16.3. The van der Waals surface area contributed by atoms with Gasteiger partial charge < -0.3 is 5.11 Å². The standard InChI is InChI=1S/C27H44O/c1-18(2)7-6-8-19(3)23-11-12-24-22-10-9-20-17-21(28)13-15-26(20,4)25(22)14-16-27(23,24)5/h7,10,19-21,23-25,28H,6,8-9,11-17H2,1-5H3/t19-,20?,21?,23-,24+,25+,26+,27-/m1/s1. The monoisotopic (exact) mass is 384 g/mol. The van der Waals surface area contributed by atoms with Gasteiger partial charge in [-0.1, -0.05) is 44.1 Å². The lowest BCUT2D eigenvalue weighted by molar-refractivity contribution is -0.0426. The summed E-state index contributed by atoms with van der Waals surface area (Å²) >= 11 is 0. The Kier molecular flexibility index (Phi) is 5.62. The van der Waals surface area contributed by atoms with Gasteiger partial charge in [0.15, 0.2) is 0 Å². The van der Waals surface area contributed by atoms with Gasteiger partial charge in [-0.25, -0.2) is 0 Å². The lowest BCUT2D eigenvalue weighted by Gasteiger charge is -2.57. The van der Waals surface area contributed by atoms with E-state index in [1.807, 2.05) is 5.57 Å². The summed E-state index contributed by atoms with van der Waals surface area (Å²) in [5, 5.41) is 10.2. The molecule has 3 fully saturated rings. The van der Waals surface area contributed by atoms with E-state index in [1.54, 1.807) is 0 Å². The molecular weight excluding hydrogens is 340 g/mol. The van der Waals surface area contributed by atoms with Crippen LogP contribution in [0.5, 0.6) is 0 Å². The van der Waals surface area contributed by atoms with Gasteiger partial charge in [0.1, 0.15) is 0 Å². The van der Waals surface area contributed by atoms with Crippen LogP contribution in [0.25, 0.3) is 0 Å². The molecular formula is C27H44O. The second-order valence-corrected chi connectivity index (χ2v) is 11.7. The second-order valence-electron chi connectivity index (χ2n) is 11.7. The number of rotatable bonds is 4. The van der Waals surface area contributed by atoms with Crippen molar-refractivity contribution in [3.8, 4) is 0 Å². The third kappa shape index (κ3) is 3.34. The molecule has 4 aliphatic rings. The van der Waals surface area contributed by atoms with Crippen LogP contribution >= 0.6 is 0 Å². The van der Waals surface area contributed by atoms with Gasteiger partial charge in [0, 0.05) is 0 Å². The molecule has 0 aromatic carbocycles. The summed E-state index contributed by atoms with van der Waals surface area (Å²) in [7, 11) is 0. The van der Waals surface area contributed by atoms with Crippen molar-refractivity contribution in [1.82, 2.24) is 0 Å². The Morgan fingerprint density at radius 2 is 1.82 bits per heavy atom. The Balaban J connectivity index is 1.52. The summed E-state index contributed by atoms with van der Waals surface area (Å²) in [6.45, 7) is 12.2. The van der Waals surface area contributed by atoms with Crippen LogP contribution in [0.2, 0.25) is 0 Å². The average molecular weight is 385 g/mol. The Morgan fingerprint density at radius 3 is 2.57 bits per heavy atom. The molecule has 1 N–H and O–H groups in total. The molecule has 0 aromatic rings. The molecule has 1 nitrogen and oxygen atoms in total. The summed E-state index contributed by atoms with van der Waals surface area (Å²) in [5.74, 6) is 4.11. The number of hydrogen-bond acceptors (Lipinski definition) is 1. The number of aliphatic hydroxyl groups excluding tert-OH is 1. The van der Waals surface area contributed by atoms with Crippen molar-refractivity contribution in [2.24, 2.45) is 40.4 Å². The Hall–Kier alpha value is -0.560. The van der Waals surface area contributed by atoms with Crippen molar-refractivity contribution < 1.29 is 5.11 Å². The smallest absolute Gasteiger partial charge is 0.0543 e. The summed E-state index contributed by atoms with van der Waals surface area (Å²) in [6.07, 6.45) is 17.9. The third-order valence-corrected chi connectivity index (χ3v) is 9.99. The molecule has 3 saturated carbocycles. The zero-order valence-electron chi connectivity index (χ0n) is 19.1. The molecule has 2 unspecified atom stereocenters. The van der Waals surface area contributed by atoms with Crippen molar-refractivity contribution in [2.75, 3.05) is 0 Å². The first-order chi connectivity index (χ1) is 13.3. The van der Waals surface area contributed by atoms with Crippen molar-refractivity contribution >= 4 is 0 Å². The van der Waals surface area contributed by atoms with Crippen LogP contribution in [0.4, 0.5) is 0 Å². The molecule has 1 heteroatoms. The zero-order valence-corrected chi connectivity index (χ0v) is 19.1. The average Bonchev–Trinajstić information content (AvgIpc) is 2.99. The van der Waals surface area contributed by atoms with E-state index in [2.05, 4.69) is 46.8 Å². The van der Waals surface area contributed by atoms with E-state index in [1.165, 1.54) is 56.9 Å². The van der Waals surface area contributed by atoms with E-state index in [-0.39, 0.29) is 6.10 Å². The summed E-state index contributed by atoms with van der Waals surface area (Å²) in [4.78, 5) is 0. The van der Waals surface area contributed by atoms with Crippen LogP contribution in [0.1, 0.15) is 98.8 Å². The fourth-order valence-corrected chi connectivity index (χ4v) is 8.30. The Bertz CT molecular complexity index is 641. The normalized spacial score (nSPS) is 46.1. The molecule has 0 radical (unpaired) electrons. The summed E-state index contributed by atoms with van der Waals surface area (Å²) in [6, 6.07) is 0. The Morgan fingerprint density at radius 1 is 1.11 bits per heavy atom. The van der Waals surface area contributed by atoms with Crippen LogP contribution in [-0.2, 0) is 0 Å². The third-order valence-electron chi connectivity index (χ3n) is 9.99. The van der Waals surface area contributed by atoms with Gasteiger partial charge in [0.25, 0.3) is 0 Å². The predicted octanol–water partition coefficient (Wildman–Crippen LogP) is 7.31. The molecule has 0 spiro atoms. The fraction of sp³-hybridized carbons (Fsp3) is 0.852. The van der Waals surface area contributed by atoms with E-state index in [0.717, 1.165) is 42.4 Å². The molecule has 0 aromatic heterocycles. The lowest BCUT2D eigenvalue weighted by Crippen LogP contribution is -2.49. The predicted molar refractivity (Wildman–Crippen MR) is 119 cm³/mol. The molecule has 8 atom stereocenters. The first kappa shape index (κ1) is 20.7. The maximum Gasteiger partial charge on any atom is 0.0543 e. The summed E-state index contributed by atoms with van der Waals surface area (Å²) in [5.41, 5.74) is 4.32. The topological polar surface area (TPSA) is 20.2 Å². The highest BCUT2D eigenvalue weighted by Gasteiger charge is 2.58. The molecule has 0 heterocycles. The van der Waals surface area contributed by atoms with E-state index in [0.29, 0.717) is 10.8 Å². The fourth-order valence-electron chi connectivity index (χ4n) is 8.30.